The molecular formula is C22H38IN5O. The monoisotopic (exact) mass is 515 g/mol. The number of ether oxygens (including phenoxy) is 1. The van der Waals surface area contributed by atoms with Gasteiger partial charge in [-0.25, -0.2) is 0 Å². The Hall–Kier alpha value is -1.06. The molecule has 7 heteroatoms. The Morgan fingerprint density at radius 3 is 2.62 bits per heavy atom. The van der Waals surface area contributed by atoms with Crippen LogP contribution in [-0.2, 0) is 4.74 Å². The SMILES string of the molecule is CCNC(=NCC(C)CN1CCOCC1)NC1CCN(c2ccc(C)cc2)C1.I. The summed E-state index contributed by atoms with van der Waals surface area (Å²) in [4.78, 5) is 9.82. The van der Waals surface area contributed by atoms with Gasteiger partial charge in [-0.2, -0.15) is 0 Å². The van der Waals surface area contributed by atoms with E-state index >= 15 is 0 Å². The molecule has 164 valence electrons. The molecule has 1 aromatic rings. The zero-order valence-corrected chi connectivity index (χ0v) is 20.5. The molecule has 2 unspecified atom stereocenters. The second-order valence-electron chi connectivity index (χ2n) is 8.15. The standard InChI is InChI=1S/C22H37N5O.HI/c1-4-23-22(24-15-19(3)16-26-11-13-28-14-12-26)25-20-9-10-27(17-20)21-7-5-18(2)6-8-21;/h5-8,19-20H,4,9-17H2,1-3H3,(H2,23,24,25);1H. The first-order chi connectivity index (χ1) is 13.6. The lowest BCUT2D eigenvalue weighted by Crippen LogP contribution is -2.45. The lowest BCUT2D eigenvalue weighted by atomic mass is 10.1. The highest BCUT2D eigenvalue weighted by atomic mass is 127. The van der Waals surface area contributed by atoms with Crippen LogP contribution in [0.5, 0.6) is 0 Å². The first kappa shape index (κ1) is 24.2. The molecule has 0 amide bonds. The predicted molar refractivity (Wildman–Crippen MR) is 133 cm³/mol. The van der Waals surface area contributed by atoms with Gasteiger partial charge in [0.2, 0.25) is 0 Å². The molecule has 2 N–H and O–H groups in total. The van der Waals surface area contributed by atoms with Crippen LogP contribution in [-0.4, -0.2) is 75.9 Å². The normalized spacial score (nSPS) is 21.6. The maximum absolute atomic E-state index is 5.44. The molecular weight excluding hydrogens is 477 g/mol. The zero-order chi connectivity index (χ0) is 19.8. The summed E-state index contributed by atoms with van der Waals surface area (Å²) in [6.07, 6.45) is 1.14. The van der Waals surface area contributed by atoms with Crippen molar-refractivity contribution in [1.82, 2.24) is 15.5 Å². The highest BCUT2D eigenvalue weighted by Crippen LogP contribution is 2.20. The molecule has 0 aromatic heterocycles. The van der Waals surface area contributed by atoms with Crippen LogP contribution in [0.2, 0.25) is 0 Å². The fourth-order valence-electron chi connectivity index (χ4n) is 3.91. The first-order valence-corrected chi connectivity index (χ1v) is 10.8. The highest BCUT2D eigenvalue weighted by Gasteiger charge is 2.23. The van der Waals surface area contributed by atoms with Crippen molar-refractivity contribution in [2.24, 2.45) is 10.9 Å². The third kappa shape index (κ3) is 7.94. The number of nitrogens with one attached hydrogen (secondary N) is 2. The lowest BCUT2D eigenvalue weighted by molar-refractivity contribution is 0.0323. The van der Waals surface area contributed by atoms with Crippen LogP contribution in [0, 0.1) is 12.8 Å². The van der Waals surface area contributed by atoms with E-state index in [1.54, 1.807) is 0 Å². The summed E-state index contributed by atoms with van der Waals surface area (Å²) >= 11 is 0. The van der Waals surface area contributed by atoms with Gasteiger partial charge in [-0.15, -0.1) is 24.0 Å². The van der Waals surface area contributed by atoms with Gasteiger partial charge in [0.05, 0.1) is 13.2 Å². The number of nitrogens with zero attached hydrogens (tertiary/aromatic N) is 3. The van der Waals surface area contributed by atoms with Gasteiger partial charge in [-0.1, -0.05) is 24.6 Å². The highest BCUT2D eigenvalue weighted by molar-refractivity contribution is 14.0. The number of hydrogen-bond acceptors (Lipinski definition) is 4. The van der Waals surface area contributed by atoms with Crippen LogP contribution in [0.15, 0.2) is 29.3 Å². The molecule has 0 spiro atoms. The van der Waals surface area contributed by atoms with E-state index in [1.165, 1.54) is 11.3 Å². The summed E-state index contributed by atoms with van der Waals surface area (Å²) in [6.45, 7) is 15.3. The summed E-state index contributed by atoms with van der Waals surface area (Å²) in [5.74, 6) is 1.49. The number of morpholine rings is 1. The summed E-state index contributed by atoms with van der Waals surface area (Å²) in [5.41, 5.74) is 2.63. The Morgan fingerprint density at radius 2 is 1.93 bits per heavy atom. The van der Waals surface area contributed by atoms with Gasteiger partial charge >= 0.3 is 0 Å². The third-order valence-corrected chi connectivity index (χ3v) is 5.51. The smallest absolute Gasteiger partial charge is 0.191 e. The molecule has 6 nitrogen and oxygen atoms in total. The van der Waals surface area contributed by atoms with Crippen molar-refractivity contribution in [2.75, 3.05) is 63.9 Å². The Balaban J connectivity index is 0.00000300. The molecule has 2 saturated heterocycles. The molecule has 0 bridgehead atoms. The number of aliphatic imine (C=N–C) groups is 1. The average molecular weight is 515 g/mol. The molecule has 2 fully saturated rings. The molecule has 3 rings (SSSR count). The van der Waals surface area contributed by atoms with E-state index < -0.39 is 0 Å². The van der Waals surface area contributed by atoms with Crippen molar-refractivity contribution in [2.45, 2.75) is 33.2 Å². The van der Waals surface area contributed by atoms with E-state index in [0.717, 1.165) is 71.4 Å². The Kier molecular flexibility index (Phi) is 10.5. The Bertz CT molecular complexity index is 618. The number of aryl methyl sites for hydroxylation is 1. The van der Waals surface area contributed by atoms with Crippen molar-refractivity contribution in [3.05, 3.63) is 29.8 Å². The minimum Gasteiger partial charge on any atom is -0.379 e. The fourth-order valence-corrected chi connectivity index (χ4v) is 3.91. The molecule has 2 aliphatic rings. The molecule has 2 heterocycles. The van der Waals surface area contributed by atoms with Gasteiger partial charge in [0.25, 0.3) is 0 Å². The molecule has 1 aromatic carbocycles. The zero-order valence-electron chi connectivity index (χ0n) is 18.2. The van der Waals surface area contributed by atoms with Crippen molar-refractivity contribution in [3.63, 3.8) is 0 Å². The van der Waals surface area contributed by atoms with Gasteiger partial charge in [0.1, 0.15) is 0 Å². The minimum atomic E-state index is 0. The van der Waals surface area contributed by atoms with E-state index in [4.69, 9.17) is 9.73 Å². The second-order valence-corrected chi connectivity index (χ2v) is 8.15. The van der Waals surface area contributed by atoms with E-state index in [-0.39, 0.29) is 24.0 Å². The van der Waals surface area contributed by atoms with Crippen LogP contribution < -0.4 is 15.5 Å². The number of rotatable bonds is 7. The average Bonchev–Trinajstić information content (AvgIpc) is 3.16. The quantitative estimate of drug-likeness (QED) is 0.333. The van der Waals surface area contributed by atoms with Gasteiger partial charge in [-0.05, 0) is 38.3 Å². The van der Waals surface area contributed by atoms with E-state index in [0.29, 0.717) is 12.0 Å². The second kappa shape index (κ2) is 12.6. The maximum atomic E-state index is 5.44. The van der Waals surface area contributed by atoms with Crippen molar-refractivity contribution in [3.8, 4) is 0 Å². The molecule has 0 aliphatic carbocycles. The summed E-state index contributed by atoms with van der Waals surface area (Å²) < 4.78 is 5.44. The first-order valence-electron chi connectivity index (χ1n) is 10.8. The molecule has 2 atom stereocenters. The van der Waals surface area contributed by atoms with Crippen LogP contribution in [0.3, 0.4) is 0 Å². The third-order valence-electron chi connectivity index (χ3n) is 5.51. The summed E-state index contributed by atoms with van der Waals surface area (Å²) in [5, 5.41) is 7.07. The maximum Gasteiger partial charge on any atom is 0.191 e. The van der Waals surface area contributed by atoms with Crippen molar-refractivity contribution in [1.29, 1.82) is 0 Å². The predicted octanol–water partition coefficient (Wildman–Crippen LogP) is 2.72. The van der Waals surface area contributed by atoms with Crippen LogP contribution in [0.4, 0.5) is 5.69 Å². The molecule has 0 saturated carbocycles. The Labute approximate surface area is 193 Å². The molecule has 0 radical (unpaired) electrons. The number of benzene rings is 1. The number of halogens is 1. The Morgan fingerprint density at radius 1 is 1.21 bits per heavy atom. The number of anilines is 1. The lowest BCUT2D eigenvalue weighted by Gasteiger charge is -2.28. The van der Waals surface area contributed by atoms with Crippen LogP contribution >= 0.6 is 24.0 Å². The van der Waals surface area contributed by atoms with Gasteiger partial charge < -0.3 is 20.3 Å². The minimum absolute atomic E-state index is 0. The largest absolute Gasteiger partial charge is 0.379 e. The van der Waals surface area contributed by atoms with Gasteiger partial charge in [0, 0.05) is 57.5 Å². The molecule has 29 heavy (non-hydrogen) atoms. The molecule has 2 aliphatic heterocycles. The number of guanidine groups is 1. The van der Waals surface area contributed by atoms with E-state index in [9.17, 15) is 0 Å². The van der Waals surface area contributed by atoms with Crippen LogP contribution in [0.25, 0.3) is 0 Å². The van der Waals surface area contributed by atoms with Crippen LogP contribution in [0.1, 0.15) is 25.8 Å². The summed E-state index contributed by atoms with van der Waals surface area (Å²) in [6, 6.07) is 9.28. The number of hydrogen-bond donors (Lipinski definition) is 2. The van der Waals surface area contributed by atoms with Gasteiger partial charge in [-0.3, -0.25) is 9.89 Å². The fraction of sp³-hybridized carbons (Fsp3) is 0.682. The van der Waals surface area contributed by atoms with E-state index in [1.807, 2.05) is 0 Å². The van der Waals surface area contributed by atoms with Crippen molar-refractivity contribution < 1.29 is 4.74 Å². The summed E-state index contributed by atoms with van der Waals surface area (Å²) in [7, 11) is 0. The van der Waals surface area contributed by atoms with E-state index in [2.05, 4.69) is 65.5 Å². The van der Waals surface area contributed by atoms with Gasteiger partial charge in [0.15, 0.2) is 5.96 Å². The van der Waals surface area contributed by atoms with Crippen molar-refractivity contribution >= 4 is 35.6 Å². The topological polar surface area (TPSA) is 52.1 Å².